The van der Waals surface area contributed by atoms with Gasteiger partial charge in [-0.1, -0.05) is 198 Å². The van der Waals surface area contributed by atoms with E-state index in [1.54, 1.807) is 94.8 Å². The molecule has 0 aliphatic heterocycles. The zero-order valence-electron chi connectivity index (χ0n) is 74.9. The minimum absolute atomic E-state index is 0. The van der Waals surface area contributed by atoms with Crippen LogP contribution in [0, 0.1) is 67.0 Å². The highest BCUT2D eigenvalue weighted by molar-refractivity contribution is 5.93. The predicted molar refractivity (Wildman–Crippen MR) is 512 cm³/mol. The molecule has 4 fully saturated rings. The molecule has 11 heterocycles. The lowest BCUT2D eigenvalue weighted by Gasteiger charge is -2.31. The Morgan fingerprint density at radius 1 is 0.296 bits per heavy atom. The number of pyridine rings is 3. The molecule has 0 bridgehead atoms. The average molecular weight is 1800 g/mol. The number of nitrogens with one attached hydrogen (secondary N) is 4. The lowest BCUT2D eigenvalue weighted by atomic mass is 9.78. The maximum Gasteiger partial charge on any atom is 0.176 e. The van der Waals surface area contributed by atoms with Crippen molar-refractivity contribution in [2.24, 2.45) is 0 Å². The first kappa shape index (κ1) is 87.8. The molecule has 4 saturated carbocycles. The van der Waals surface area contributed by atoms with Gasteiger partial charge in [0.25, 0.3) is 0 Å². The van der Waals surface area contributed by atoms with Crippen molar-refractivity contribution >= 4 is 44.1 Å². The van der Waals surface area contributed by atoms with E-state index in [9.17, 15) is 20.4 Å². The first-order chi connectivity index (χ1) is 65.1. The summed E-state index contributed by atoms with van der Waals surface area (Å²) in [5, 5.41) is 66.3. The Kier molecular flexibility index (Phi) is 22.8. The second kappa shape index (κ2) is 35.1. The van der Waals surface area contributed by atoms with Gasteiger partial charge in [0, 0.05) is 86.8 Å². The van der Waals surface area contributed by atoms with Crippen LogP contribution in [-0.2, 0) is 22.4 Å². The van der Waals surface area contributed by atoms with Crippen LogP contribution in [0.4, 0.5) is 8.78 Å². The van der Waals surface area contributed by atoms with Gasteiger partial charge < -0.3 is 58.5 Å². The highest BCUT2D eigenvalue weighted by Crippen LogP contribution is 2.52. The number of hydrogen-bond donors (Lipinski definition) is 8. The molecular formula is C110H99F2N15O8. The van der Waals surface area contributed by atoms with Crippen molar-refractivity contribution in [3.63, 3.8) is 0 Å². The number of aromatic nitrogens is 15. The third-order valence-corrected chi connectivity index (χ3v) is 26.4. The van der Waals surface area contributed by atoms with E-state index in [0.29, 0.717) is 119 Å². The normalized spacial score (nSPS) is 14.4. The van der Waals surface area contributed by atoms with Crippen LogP contribution < -0.4 is 0 Å². The largest absolute Gasteiger partial charge is 0.376 e. The van der Waals surface area contributed by atoms with Crippen molar-refractivity contribution in [3.8, 4) is 44.5 Å². The Morgan fingerprint density at radius 2 is 0.556 bits per heavy atom. The van der Waals surface area contributed by atoms with Crippen molar-refractivity contribution in [1.82, 2.24) is 75.5 Å². The van der Waals surface area contributed by atoms with Crippen LogP contribution in [0.2, 0.25) is 0 Å². The van der Waals surface area contributed by atoms with Gasteiger partial charge in [0.2, 0.25) is 0 Å². The van der Waals surface area contributed by atoms with Gasteiger partial charge in [-0.3, -0.25) is 15.0 Å². The number of benzene rings is 9. The van der Waals surface area contributed by atoms with Gasteiger partial charge in [-0.15, -0.1) is 0 Å². The topological polar surface area (TPSA) is 338 Å². The van der Waals surface area contributed by atoms with E-state index in [2.05, 4.69) is 67.6 Å². The fraction of sp³-hybridized carbons (Fsp3) is 0.227. The predicted octanol–water partition coefficient (Wildman–Crippen LogP) is 23.1. The van der Waals surface area contributed by atoms with Crippen molar-refractivity contribution in [1.29, 1.82) is 0 Å². The molecule has 0 amide bonds. The van der Waals surface area contributed by atoms with E-state index in [4.69, 9.17) is 38.0 Å². The molecule has 4 aliphatic carbocycles. The van der Waals surface area contributed by atoms with Crippen LogP contribution in [0.5, 0.6) is 0 Å². The van der Waals surface area contributed by atoms with E-state index < -0.39 is 34.0 Å². The van der Waals surface area contributed by atoms with Gasteiger partial charge in [0.05, 0.1) is 84.1 Å². The van der Waals surface area contributed by atoms with E-state index in [1.807, 2.05) is 210 Å². The van der Waals surface area contributed by atoms with Crippen LogP contribution in [0.3, 0.4) is 0 Å². The number of aromatic amines is 4. The standard InChI is InChI=1S/C28H24FN3O2.C28H25N3O2.C27H24N4O2.C26H22FN5O2.CH4/c1-16-23(17(2)34-32-16)21-15-22(25-26(24(21)29)31-27(30-25)18-13-14-18)28(33,19-9-5-3-6-10-19)20-11-7-4-8-12-20;1-17-25(18(2)33-31-17)20-15-23(26-24(16-20)29-27(30-26)19-13-14-19)28(32,21-9-5-3-6-10-21)22-11-7-4-8-12-22;1-16-24(17(2)33-31-16)19-14-21(25-22(15-19)29-26(30-25)18-11-12-18)27(32,20-8-4-3-5-9-20)23-10-6-7-13-28-23;1-14-21(15(2)34-32-14)17-13-18(23-24(22(17)27)31-25(30-23)16-9-10-16)26(33,19-7-3-5-11-28-19)20-8-4-6-12-29-20;/h3-12,15,18,33H,13-14H2,1-2H3,(H,30,31);3-12,15-16,19,32H,13-14H2,1-2H3,(H,29,30);3-10,13-15,18,32H,11-12H2,1-2H3,(H,29,30);3-8,11-13,16,33H,9-10H2,1-2H3,(H,30,31);1H4. The van der Waals surface area contributed by atoms with Crippen molar-refractivity contribution < 1.29 is 47.3 Å². The molecule has 0 radical (unpaired) electrons. The molecular weight excluding hydrogens is 1700 g/mol. The van der Waals surface area contributed by atoms with E-state index in [-0.39, 0.29) is 24.4 Å². The van der Waals surface area contributed by atoms with E-state index in [1.165, 1.54) is 0 Å². The fourth-order valence-electron chi connectivity index (χ4n) is 19.0. The Morgan fingerprint density at radius 3 is 0.844 bits per heavy atom. The van der Waals surface area contributed by atoms with Gasteiger partial charge in [0.15, 0.2) is 22.8 Å². The number of imidazole rings is 4. The van der Waals surface area contributed by atoms with E-state index >= 15 is 8.78 Å². The summed E-state index contributed by atoms with van der Waals surface area (Å²) in [5.41, 5.74) is 14.0. The maximum atomic E-state index is 16.0. The summed E-state index contributed by atoms with van der Waals surface area (Å²) in [6.45, 7) is 14.8. The monoisotopic (exact) mass is 1800 g/mol. The molecule has 25 heteroatoms. The minimum Gasteiger partial charge on any atom is -0.376 e. The summed E-state index contributed by atoms with van der Waals surface area (Å²) >= 11 is 0. The Hall–Kier alpha value is -15.2. The first-order valence-corrected chi connectivity index (χ1v) is 45.3. The molecule has 135 heavy (non-hydrogen) atoms. The number of rotatable bonds is 20. The van der Waals surface area contributed by atoms with Crippen molar-refractivity contribution in [3.05, 3.63) is 409 Å². The Labute approximate surface area is 776 Å². The quantitative estimate of drug-likeness (QED) is 0.0329. The van der Waals surface area contributed by atoms with E-state index in [0.717, 1.165) is 164 Å². The highest BCUT2D eigenvalue weighted by Gasteiger charge is 2.46. The van der Waals surface area contributed by atoms with Gasteiger partial charge >= 0.3 is 0 Å². The molecule has 23 nitrogen and oxygen atoms in total. The molecule has 11 aromatic heterocycles. The number of aliphatic hydroxyl groups is 4. The molecule has 9 aromatic carbocycles. The number of aryl methyl sites for hydroxylation is 8. The van der Waals surface area contributed by atoms with Crippen molar-refractivity contribution in [2.45, 2.75) is 160 Å². The number of hydrogen-bond acceptors (Lipinski definition) is 19. The smallest absolute Gasteiger partial charge is 0.176 e. The highest BCUT2D eigenvalue weighted by atomic mass is 19.1. The molecule has 4 aliphatic rings. The summed E-state index contributed by atoms with van der Waals surface area (Å²) in [7, 11) is 0. The summed E-state index contributed by atoms with van der Waals surface area (Å²) in [4.78, 5) is 46.6. The third kappa shape index (κ3) is 15.8. The second-order valence-corrected chi connectivity index (χ2v) is 35.6. The Balaban J connectivity index is 0.000000111. The molecule has 1 atom stereocenters. The minimum atomic E-state index is -1.78. The van der Waals surface area contributed by atoms with Crippen LogP contribution in [0.15, 0.2) is 279 Å². The molecule has 24 rings (SSSR count). The third-order valence-electron chi connectivity index (χ3n) is 26.4. The second-order valence-electron chi connectivity index (χ2n) is 35.6. The lowest BCUT2D eigenvalue weighted by molar-refractivity contribution is 0.117. The van der Waals surface area contributed by atoms with Gasteiger partial charge in [-0.05, 0) is 218 Å². The molecule has 20 aromatic rings. The summed E-state index contributed by atoms with van der Waals surface area (Å²) in [5.74, 6) is 6.53. The van der Waals surface area contributed by atoms with Crippen LogP contribution in [-0.4, -0.2) is 95.9 Å². The zero-order chi connectivity index (χ0) is 92.1. The number of nitrogens with zero attached hydrogens (tertiary/aromatic N) is 11. The van der Waals surface area contributed by atoms with Gasteiger partial charge in [-0.25, -0.2) is 28.7 Å². The Bertz CT molecular complexity index is 7040. The number of H-pyrrole nitrogens is 4. The number of fused-ring (bicyclic) bond motifs is 4. The molecule has 676 valence electrons. The van der Waals surface area contributed by atoms with Crippen LogP contribution in [0.1, 0.15) is 219 Å². The molecule has 8 N–H and O–H groups in total. The lowest BCUT2D eigenvalue weighted by Crippen LogP contribution is -2.31. The van der Waals surface area contributed by atoms with Crippen molar-refractivity contribution in [2.75, 3.05) is 0 Å². The zero-order valence-corrected chi connectivity index (χ0v) is 74.9. The SMILES string of the molecule is C.Cc1noc(C)c1-c1cc(C(O)(c2ccccc2)c2ccccc2)c2nc(C3CC3)[nH]c2c1.Cc1noc(C)c1-c1cc(C(O)(c2ccccc2)c2ccccc2)c2nc(C3CC3)[nH]c2c1F.Cc1noc(C)c1-c1cc(C(O)(c2ccccc2)c2ccccn2)c2nc(C3CC3)[nH]c2c1.Cc1noc(C)c1-c1cc(C(O)(c2ccccn2)c2ccccn2)c2nc(C3CC3)[nH]c2c1F. The van der Waals surface area contributed by atoms with Crippen LogP contribution in [0.25, 0.3) is 88.6 Å². The molecule has 0 spiro atoms. The first-order valence-electron chi connectivity index (χ1n) is 45.3. The number of halogens is 2. The van der Waals surface area contributed by atoms with Crippen LogP contribution >= 0.6 is 0 Å². The van der Waals surface area contributed by atoms with Gasteiger partial charge in [0.1, 0.15) is 68.6 Å². The maximum absolute atomic E-state index is 16.0. The molecule has 0 saturated heterocycles. The average Bonchev–Trinajstić information content (AvgIpc) is 1.60. The van der Waals surface area contributed by atoms with Gasteiger partial charge in [-0.2, -0.15) is 0 Å². The molecule has 1 unspecified atom stereocenters. The summed E-state index contributed by atoms with van der Waals surface area (Å²) in [6, 6.07) is 76.0. The summed E-state index contributed by atoms with van der Waals surface area (Å²) < 4.78 is 53.7. The summed E-state index contributed by atoms with van der Waals surface area (Å²) in [6.07, 6.45) is 13.5. The fourth-order valence-corrected chi connectivity index (χ4v) is 19.0.